The summed E-state index contributed by atoms with van der Waals surface area (Å²) in [4.78, 5) is 1.22. The molecule has 0 radical (unpaired) electrons. The third-order valence-corrected chi connectivity index (χ3v) is 3.37. The van der Waals surface area contributed by atoms with Crippen molar-refractivity contribution in [2.45, 2.75) is 26.3 Å². The van der Waals surface area contributed by atoms with Crippen molar-refractivity contribution in [3.8, 4) is 10.6 Å². The highest BCUT2D eigenvalue weighted by Gasteiger charge is 2.11. The summed E-state index contributed by atoms with van der Waals surface area (Å²) in [7, 11) is 0. The molecule has 0 fully saturated rings. The van der Waals surface area contributed by atoms with Gasteiger partial charge in [-0.05, 0) is 37.9 Å². The molecule has 0 saturated heterocycles. The number of aromatic nitrogens is 2. The zero-order valence-electron chi connectivity index (χ0n) is 9.68. The fraction of sp³-hybridized carbons (Fsp3) is 0.417. The van der Waals surface area contributed by atoms with E-state index in [0.717, 1.165) is 12.1 Å². The lowest BCUT2D eigenvalue weighted by molar-refractivity contribution is 0.510. The van der Waals surface area contributed by atoms with Gasteiger partial charge in [0.25, 0.3) is 0 Å². The maximum absolute atomic E-state index is 5.62. The monoisotopic (exact) mass is 235 g/mol. The van der Waals surface area contributed by atoms with Crippen LogP contribution in [-0.2, 0) is 6.42 Å². The molecule has 0 aliphatic heterocycles. The Morgan fingerprint density at radius 1 is 1.50 bits per heavy atom. The Bertz CT molecular complexity index is 443. The van der Waals surface area contributed by atoms with E-state index in [9.17, 15) is 0 Å². The van der Waals surface area contributed by atoms with Crippen LogP contribution in [0, 0.1) is 0 Å². The molecule has 4 heteroatoms. The molecule has 0 unspecified atom stereocenters. The Morgan fingerprint density at radius 3 is 2.88 bits per heavy atom. The molecule has 2 aromatic heterocycles. The van der Waals surface area contributed by atoms with Crippen molar-refractivity contribution in [2.24, 2.45) is 5.73 Å². The molecule has 2 N–H and O–H groups in total. The van der Waals surface area contributed by atoms with E-state index < -0.39 is 0 Å². The van der Waals surface area contributed by atoms with Gasteiger partial charge in [-0.15, -0.1) is 11.3 Å². The minimum atomic E-state index is 0.385. The summed E-state index contributed by atoms with van der Waals surface area (Å²) in [5, 5.41) is 6.72. The predicted octanol–water partition coefficient (Wildman–Crippen LogP) is 2.69. The quantitative estimate of drug-likeness (QED) is 0.885. The molecule has 0 aliphatic carbocycles. The lowest BCUT2D eigenvalue weighted by Gasteiger charge is -2.09. The Balaban J connectivity index is 2.38. The molecular formula is C12H17N3S. The number of nitrogens with zero attached hydrogens (tertiary/aromatic N) is 2. The molecule has 2 aromatic rings. The molecule has 0 aromatic carbocycles. The summed E-state index contributed by atoms with van der Waals surface area (Å²) in [5.74, 6) is 0. The fourth-order valence-electron chi connectivity index (χ4n) is 1.76. The molecular weight excluding hydrogens is 218 g/mol. The van der Waals surface area contributed by atoms with Crippen LogP contribution in [0.5, 0.6) is 0 Å². The zero-order chi connectivity index (χ0) is 11.5. The summed E-state index contributed by atoms with van der Waals surface area (Å²) in [6.45, 7) is 4.96. The first-order valence-corrected chi connectivity index (χ1v) is 6.42. The number of rotatable bonds is 4. The first-order chi connectivity index (χ1) is 7.72. The van der Waals surface area contributed by atoms with Crippen LogP contribution in [0.25, 0.3) is 10.6 Å². The first-order valence-electron chi connectivity index (χ1n) is 5.54. The fourth-order valence-corrected chi connectivity index (χ4v) is 2.44. The molecule has 2 heterocycles. The zero-order valence-corrected chi connectivity index (χ0v) is 10.5. The average molecular weight is 235 g/mol. The van der Waals surface area contributed by atoms with Crippen molar-refractivity contribution in [1.82, 2.24) is 9.78 Å². The average Bonchev–Trinajstić information content (AvgIpc) is 2.83. The highest BCUT2D eigenvalue weighted by Crippen LogP contribution is 2.25. The second kappa shape index (κ2) is 4.80. The Hall–Kier alpha value is -1.13. The van der Waals surface area contributed by atoms with E-state index >= 15 is 0 Å². The topological polar surface area (TPSA) is 43.8 Å². The molecule has 16 heavy (non-hydrogen) atoms. The number of nitrogens with two attached hydrogens (primary N) is 1. The molecule has 86 valence electrons. The van der Waals surface area contributed by atoms with Crippen LogP contribution in [0.1, 0.15) is 25.6 Å². The highest BCUT2D eigenvalue weighted by molar-refractivity contribution is 7.13. The van der Waals surface area contributed by atoms with Crippen molar-refractivity contribution in [3.05, 3.63) is 29.3 Å². The molecule has 0 bridgehead atoms. The van der Waals surface area contributed by atoms with Gasteiger partial charge < -0.3 is 5.73 Å². The number of hydrogen-bond acceptors (Lipinski definition) is 3. The maximum atomic E-state index is 5.62. The van der Waals surface area contributed by atoms with E-state index in [0.29, 0.717) is 12.6 Å². The molecule has 0 atom stereocenters. The van der Waals surface area contributed by atoms with Crippen LogP contribution in [0.4, 0.5) is 0 Å². The van der Waals surface area contributed by atoms with Gasteiger partial charge in [-0.3, -0.25) is 4.68 Å². The van der Waals surface area contributed by atoms with E-state index in [1.165, 1.54) is 10.6 Å². The van der Waals surface area contributed by atoms with Gasteiger partial charge in [0.15, 0.2) is 0 Å². The van der Waals surface area contributed by atoms with Crippen molar-refractivity contribution >= 4 is 11.3 Å². The van der Waals surface area contributed by atoms with E-state index in [-0.39, 0.29) is 0 Å². The Labute approximate surface area is 99.9 Å². The smallest absolute Gasteiger partial charge is 0.103 e. The van der Waals surface area contributed by atoms with Crippen molar-refractivity contribution in [3.63, 3.8) is 0 Å². The number of thiophene rings is 1. The maximum Gasteiger partial charge on any atom is 0.103 e. The third-order valence-electron chi connectivity index (χ3n) is 2.48. The molecule has 0 spiro atoms. The van der Waals surface area contributed by atoms with Gasteiger partial charge in [-0.2, -0.15) is 5.10 Å². The molecule has 0 saturated carbocycles. The number of hydrogen-bond donors (Lipinski definition) is 1. The van der Waals surface area contributed by atoms with Crippen LogP contribution in [0.3, 0.4) is 0 Å². The summed E-state index contributed by atoms with van der Waals surface area (Å²) in [5.41, 5.74) is 7.90. The largest absolute Gasteiger partial charge is 0.330 e. The van der Waals surface area contributed by atoms with Crippen LogP contribution in [0.2, 0.25) is 0 Å². The molecule has 0 aliphatic rings. The van der Waals surface area contributed by atoms with Crippen LogP contribution >= 0.6 is 11.3 Å². The van der Waals surface area contributed by atoms with Gasteiger partial charge in [-0.25, -0.2) is 0 Å². The van der Waals surface area contributed by atoms with Gasteiger partial charge in [0.1, 0.15) is 5.69 Å². The molecule has 3 nitrogen and oxygen atoms in total. The van der Waals surface area contributed by atoms with Crippen LogP contribution < -0.4 is 5.73 Å². The second-order valence-electron chi connectivity index (χ2n) is 4.08. The Kier molecular flexibility index (Phi) is 3.41. The lowest BCUT2D eigenvalue weighted by Crippen LogP contribution is -2.11. The van der Waals surface area contributed by atoms with E-state index in [1.807, 2.05) is 0 Å². The highest BCUT2D eigenvalue weighted by atomic mass is 32.1. The van der Waals surface area contributed by atoms with E-state index in [2.05, 4.69) is 47.2 Å². The summed E-state index contributed by atoms with van der Waals surface area (Å²) in [6, 6.07) is 6.69. The van der Waals surface area contributed by atoms with Crippen LogP contribution in [0.15, 0.2) is 23.6 Å². The normalized spacial score (nSPS) is 11.2. The summed E-state index contributed by atoms with van der Waals surface area (Å²) in [6.07, 6.45) is 0.885. The molecule has 0 amide bonds. The van der Waals surface area contributed by atoms with Crippen molar-refractivity contribution < 1.29 is 0 Å². The first kappa shape index (κ1) is 11.4. The van der Waals surface area contributed by atoms with Gasteiger partial charge in [-0.1, -0.05) is 6.07 Å². The summed E-state index contributed by atoms with van der Waals surface area (Å²) >= 11 is 1.72. The van der Waals surface area contributed by atoms with E-state index in [4.69, 9.17) is 5.73 Å². The van der Waals surface area contributed by atoms with E-state index in [1.54, 1.807) is 11.3 Å². The second-order valence-corrected chi connectivity index (χ2v) is 5.02. The van der Waals surface area contributed by atoms with Crippen LogP contribution in [-0.4, -0.2) is 16.3 Å². The van der Waals surface area contributed by atoms with Gasteiger partial charge in [0, 0.05) is 18.2 Å². The summed E-state index contributed by atoms with van der Waals surface area (Å²) < 4.78 is 2.07. The third kappa shape index (κ3) is 2.18. The standard InChI is InChI=1S/C12H17N3S/c1-9(2)15-10(5-6-13)8-11(14-15)12-4-3-7-16-12/h3-4,7-9H,5-6,13H2,1-2H3. The van der Waals surface area contributed by atoms with Gasteiger partial charge >= 0.3 is 0 Å². The lowest BCUT2D eigenvalue weighted by atomic mass is 10.2. The predicted molar refractivity (Wildman–Crippen MR) is 68.7 cm³/mol. The van der Waals surface area contributed by atoms with Gasteiger partial charge in [0.05, 0.1) is 4.88 Å². The van der Waals surface area contributed by atoms with Gasteiger partial charge in [0.2, 0.25) is 0 Å². The molecule has 2 rings (SSSR count). The minimum Gasteiger partial charge on any atom is -0.330 e. The Morgan fingerprint density at radius 2 is 2.31 bits per heavy atom. The van der Waals surface area contributed by atoms with Crippen molar-refractivity contribution in [1.29, 1.82) is 0 Å². The minimum absolute atomic E-state index is 0.385. The van der Waals surface area contributed by atoms with Crippen molar-refractivity contribution in [2.75, 3.05) is 6.54 Å². The SMILES string of the molecule is CC(C)n1nc(-c2cccs2)cc1CCN.